The summed E-state index contributed by atoms with van der Waals surface area (Å²) in [4.78, 5) is 10.7. The van der Waals surface area contributed by atoms with Gasteiger partial charge in [0.25, 0.3) is 0 Å². The largest absolute Gasteiger partial charge is 0.478 e. The number of hydrazine groups is 1. The first-order valence-electron chi connectivity index (χ1n) is 3.89. The highest BCUT2D eigenvalue weighted by Gasteiger charge is 2.09. The maximum Gasteiger partial charge on any atom is 0.336 e. The lowest BCUT2D eigenvalue weighted by atomic mass is 10.0. The molecule has 0 aliphatic carbocycles. The minimum absolute atomic E-state index is 0.0527. The Kier molecular flexibility index (Phi) is 3.05. The van der Waals surface area contributed by atoms with Crippen LogP contribution < -0.4 is 11.3 Å². The highest BCUT2D eigenvalue weighted by Crippen LogP contribution is 2.15. The van der Waals surface area contributed by atoms with Gasteiger partial charge in [0.2, 0.25) is 0 Å². The summed E-state index contributed by atoms with van der Waals surface area (Å²) >= 11 is 0. The Balaban J connectivity index is 3.18. The van der Waals surface area contributed by atoms with Crippen LogP contribution in [0.3, 0.4) is 0 Å². The molecule has 0 aliphatic heterocycles. The van der Waals surface area contributed by atoms with E-state index in [2.05, 4.69) is 5.43 Å². The molecule has 5 nitrogen and oxygen atoms in total. The Bertz CT molecular complexity index is 396. The van der Waals surface area contributed by atoms with Crippen LogP contribution in [-0.4, -0.2) is 11.1 Å². The number of nitrogen functional groups attached to an aromatic ring is 1. The van der Waals surface area contributed by atoms with E-state index in [9.17, 15) is 4.79 Å². The molecule has 0 spiro atoms. The van der Waals surface area contributed by atoms with E-state index in [1.807, 2.05) is 6.07 Å². The fourth-order valence-corrected chi connectivity index (χ4v) is 1.12. The summed E-state index contributed by atoms with van der Waals surface area (Å²) in [6, 6.07) is 6.41. The molecular formula is C9H9N3O2. The summed E-state index contributed by atoms with van der Waals surface area (Å²) in [5.74, 6) is 4.12. The lowest BCUT2D eigenvalue weighted by molar-refractivity contribution is 0.0696. The lowest BCUT2D eigenvalue weighted by Crippen LogP contribution is -2.09. The molecule has 1 rings (SSSR count). The highest BCUT2D eigenvalue weighted by atomic mass is 16.4. The second kappa shape index (κ2) is 4.25. The van der Waals surface area contributed by atoms with E-state index in [0.29, 0.717) is 11.3 Å². The lowest BCUT2D eigenvalue weighted by Gasteiger charge is -2.05. The van der Waals surface area contributed by atoms with Crippen LogP contribution in [0.1, 0.15) is 15.9 Å². The zero-order valence-electron chi connectivity index (χ0n) is 7.32. The van der Waals surface area contributed by atoms with Crippen molar-refractivity contribution in [3.8, 4) is 6.07 Å². The number of nitrogens with two attached hydrogens (primary N) is 1. The predicted octanol–water partition coefficient (Wildman–Crippen LogP) is 0.736. The number of hydrogen-bond donors (Lipinski definition) is 3. The van der Waals surface area contributed by atoms with Crippen molar-refractivity contribution in [2.24, 2.45) is 5.84 Å². The van der Waals surface area contributed by atoms with Gasteiger partial charge in [0.15, 0.2) is 0 Å². The number of aromatic carboxylic acids is 1. The number of carbonyl (C=O) groups is 1. The summed E-state index contributed by atoms with van der Waals surface area (Å²) in [7, 11) is 0. The van der Waals surface area contributed by atoms with Gasteiger partial charge in [0.1, 0.15) is 0 Å². The van der Waals surface area contributed by atoms with E-state index in [1.54, 1.807) is 12.1 Å². The third-order valence-corrected chi connectivity index (χ3v) is 1.77. The summed E-state index contributed by atoms with van der Waals surface area (Å²) < 4.78 is 0. The summed E-state index contributed by atoms with van der Waals surface area (Å²) in [6.45, 7) is 0. The van der Waals surface area contributed by atoms with Gasteiger partial charge < -0.3 is 10.5 Å². The number of hydrogen-bond acceptors (Lipinski definition) is 4. The second-order valence-electron chi connectivity index (χ2n) is 2.66. The van der Waals surface area contributed by atoms with Crippen molar-refractivity contribution in [1.82, 2.24) is 0 Å². The minimum atomic E-state index is -1.04. The van der Waals surface area contributed by atoms with Crippen LogP contribution >= 0.6 is 0 Å². The molecule has 0 saturated heterocycles. The van der Waals surface area contributed by atoms with E-state index in [1.165, 1.54) is 6.07 Å². The van der Waals surface area contributed by atoms with Gasteiger partial charge in [-0.15, -0.1) is 0 Å². The van der Waals surface area contributed by atoms with Gasteiger partial charge in [0.05, 0.1) is 18.1 Å². The molecular weight excluding hydrogens is 182 g/mol. The number of nitriles is 1. The van der Waals surface area contributed by atoms with Crippen LogP contribution in [0.5, 0.6) is 0 Å². The molecule has 0 bridgehead atoms. The number of anilines is 1. The first kappa shape index (κ1) is 10.0. The average Bonchev–Trinajstić information content (AvgIpc) is 2.17. The van der Waals surface area contributed by atoms with E-state index in [0.717, 1.165) is 0 Å². The molecule has 0 aromatic heterocycles. The van der Waals surface area contributed by atoms with Crippen LogP contribution in [0.25, 0.3) is 0 Å². The fraction of sp³-hybridized carbons (Fsp3) is 0.111. The molecule has 1 aromatic rings. The molecule has 5 heteroatoms. The van der Waals surface area contributed by atoms with E-state index >= 15 is 0 Å². The quantitative estimate of drug-likeness (QED) is 0.483. The minimum Gasteiger partial charge on any atom is -0.478 e. The van der Waals surface area contributed by atoms with Crippen molar-refractivity contribution in [3.63, 3.8) is 0 Å². The molecule has 14 heavy (non-hydrogen) atoms. The fourth-order valence-electron chi connectivity index (χ4n) is 1.12. The molecule has 0 heterocycles. The number of benzene rings is 1. The standard InChI is InChI=1S/C9H9N3O2/c10-4-3-6-5-7(12-11)1-2-8(6)9(13)14/h1-2,5,12H,3,11H2,(H,13,14). The number of nitrogens with one attached hydrogen (secondary N) is 1. The molecule has 0 unspecified atom stereocenters. The van der Waals surface area contributed by atoms with Crippen molar-refractivity contribution in [2.75, 3.05) is 5.43 Å². The van der Waals surface area contributed by atoms with Gasteiger partial charge in [0, 0.05) is 5.69 Å². The van der Waals surface area contributed by atoms with Gasteiger partial charge in [-0.25, -0.2) is 4.79 Å². The van der Waals surface area contributed by atoms with Crippen LogP contribution in [0.4, 0.5) is 5.69 Å². The zero-order chi connectivity index (χ0) is 10.6. The Morgan fingerprint density at radius 3 is 2.86 bits per heavy atom. The SMILES string of the molecule is N#CCc1cc(NN)ccc1C(=O)O. The predicted molar refractivity (Wildman–Crippen MR) is 50.5 cm³/mol. The molecule has 1 aromatic carbocycles. The third-order valence-electron chi connectivity index (χ3n) is 1.77. The second-order valence-corrected chi connectivity index (χ2v) is 2.66. The summed E-state index contributed by atoms with van der Waals surface area (Å²) in [6.07, 6.45) is 0.0527. The highest BCUT2D eigenvalue weighted by molar-refractivity contribution is 5.90. The molecule has 0 saturated carbocycles. The monoisotopic (exact) mass is 191 g/mol. The molecule has 72 valence electrons. The van der Waals surface area contributed by atoms with Crippen molar-refractivity contribution in [2.45, 2.75) is 6.42 Å². The van der Waals surface area contributed by atoms with Crippen molar-refractivity contribution < 1.29 is 9.90 Å². The van der Waals surface area contributed by atoms with Gasteiger partial charge >= 0.3 is 5.97 Å². The van der Waals surface area contributed by atoms with Crippen LogP contribution in [-0.2, 0) is 6.42 Å². The molecule has 0 aliphatic rings. The first-order valence-corrected chi connectivity index (χ1v) is 3.89. The van der Waals surface area contributed by atoms with Gasteiger partial charge in [-0.2, -0.15) is 5.26 Å². The van der Waals surface area contributed by atoms with Gasteiger partial charge in [-0.3, -0.25) is 5.84 Å². The Morgan fingerprint density at radius 2 is 2.36 bits per heavy atom. The van der Waals surface area contributed by atoms with Gasteiger partial charge in [-0.1, -0.05) is 0 Å². The average molecular weight is 191 g/mol. The van der Waals surface area contributed by atoms with E-state index in [-0.39, 0.29) is 12.0 Å². The molecule has 0 amide bonds. The summed E-state index contributed by atoms with van der Waals surface area (Å²) in [5.41, 5.74) is 3.56. The maximum absolute atomic E-state index is 10.7. The Labute approximate surface area is 80.7 Å². The molecule has 0 radical (unpaired) electrons. The van der Waals surface area contributed by atoms with Crippen molar-refractivity contribution >= 4 is 11.7 Å². The number of rotatable bonds is 3. The normalized spacial score (nSPS) is 9.14. The zero-order valence-corrected chi connectivity index (χ0v) is 7.32. The smallest absolute Gasteiger partial charge is 0.336 e. The maximum atomic E-state index is 10.7. The number of carboxylic acid groups (broad SMARTS) is 1. The third kappa shape index (κ3) is 2.00. The van der Waals surface area contributed by atoms with Crippen molar-refractivity contribution in [3.05, 3.63) is 29.3 Å². The molecule has 0 fully saturated rings. The molecule has 4 N–H and O–H groups in total. The van der Waals surface area contributed by atoms with Crippen LogP contribution in [0, 0.1) is 11.3 Å². The number of carboxylic acids is 1. The van der Waals surface area contributed by atoms with Crippen LogP contribution in [0.2, 0.25) is 0 Å². The van der Waals surface area contributed by atoms with Crippen LogP contribution in [0.15, 0.2) is 18.2 Å². The molecule has 0 atom stereocenters. The topological polar surface area (TPSA) is 99.1 Å². The Hall–Kier alpha value is -2.06. The first-order chi connectivity index (χ1) is 6.69. The summed E-state index contributed by atoms with van der Waals surface area (Å²) in [5, 5.41) is 17.3. The van der Waals surface area contributed by atoms with E-state index < -0.39 is 5.97 Å². The van der Waals surface area contributed by atoms with Crippen molar-refractivity contribution in [1.29, 1.82) is 5.26 Å². The van der Waals surface area contributed by atoms with Gasteiger partial charge in [-0.05, 0) is 23.8 Å². The Morgan fingerprint density at radius 1 is 1.64 bits per heavy atom. The number of nitrogens with zero attached hydrogens (tertiary/aromatic N) is 1. The van der Waals surface area contributed by atoms with E-state index in [4.69, 9.17) is 16.2 Å².